The number of hydrogen-bond donors (Lipinski definition) is 2. The molecule has 12 heteroatoms. The minimum atomic E-state index is -1.70. The van der Waals surface area contributed by atoms with E-state index in [4.69, 9.17) is 23.3 Å². The van der Waals surface area contributed by atoms with Gasteiger partial charge in [-0.2, -0.15) is 5.26 Å². The molecule has 0 aliphatic heterocycles. The quantitative estimate of drug-likeness (QED) is 0.0313. The fourth-order valence-electron chi connectivity index (χ4n) is 16.8. The van der Waals surface area contributed by atoms with Gasteiger partial charge in [0.15, 0.2) is 0 Å². The number of carbonyl (C=O) groups is 2. The lowest BCUT2D eigenvalue weighted by Crippen LogP contribution is -2.51. The summed E-state index contributed by atoms with van der Waals surface area (Å²) in [6.07, 6.45) is 17.8. The number of ether oxygens (including phenoxy) is 3. The first-order chi connectivity index (χ1) is 39.4. The first kappa shape index (κ1) is 63.7. The molecule has 5 aliphatic carbocycles. The lowest BCUT2D eigenvalue weighted by atomic mass is 9.47. The number of ketones is 1. The molecule has 1 amide bonds. The number of alkyl carbamates (subject to hydrolysis) is 1. The molecule has 13 atom stereocenters. The van der Waals surface area contributed by atoms with E-state index in [1.54, 1.807) is 14.2 Å². The van der Waals surface area contributed by atoms with Crippen molar-refractivity contribution in [1.82, 2.24) is 9.99 Å². The summed E-state index contributed by atoms with van der Waals surface area (Å²) < 4.78 is 33.3. The highest BCUT2D eigenvalue weighted by Gasteiger charge is 2.60. The third-order valence-corrected chi connectivity index (χ3v) is 23.1. The molecule has 4 saturated carbocycles. The summed E-state index contributed by atoms with van der Waals surface area (Å²) in [5, 5.41) is 26.3. The maximum Gasteiger partial charge on any atom is 0.407 e. The van der Waals surface area contributed by atoms with Gasteiger partial charge in [-0.1, -0.05) is 127 Å². The summed E-state index contributed by atoms with van der Waals surface area (Å²) in [4.78, 5) is 27.9. The van der Waals surface area contributed by atoms with Gasteiger partial charge >= 0.3 is 6.09 Å². The number of nitrogens with zero attached hydrogens (tertiary/aromatic N) is 2. The largest absolute Gasteiger partial charge is 0.497 e. The molecule has 5 aliphatic rings. The zero-order chi connectivity index (χ0) is 58.8. The van der Waals surface area contributed by atoms with Gasteiger partial charge in [0.1, 0.15) is 23.4 Å². The van der Waals surface area contributed by atoms with Crippen LogP contribution in [0.25, 0.3) is 0 Å². The van der Waals surface area contributed by atoms with E-state index in [2.05, 4.69) is 96.6 Å². The first-order valence-electron chi connectivity index (χ1n) is 31.8. The van der Waals surface area contributed by atoms with Gasteiger partial charge in [-0.15, -0.1) is 0 Å². The standard InChI is InChI=1S/C70H102N3O8P/c1-47(2)20-18-21-50(7)61-35-36-62-59-34-29-55-46-58(37-39-68(55,8)63(59)38-40-69(61,62)9)80-67(76)72-42-17-13-16-24-64(74)51-44-60(65(45-51)81-82(79-43-19-41-71)73(48(3)4)49(5)6)66(75)70(52-22-14-12-15-23-52,53-25-30-56(77-10)31-26-53)54-27-32-57(78-11)33-28-54/h12,14-15,22-23,25-33,47-51,58-63,65-66,75H,13,16-21,24,34-40,42-46H2,1-11H3,(H,72,76)/t50?,51?,58?,59?,60?,61-,62?,63?,65?,66?,68+,69-,82?/m1/s1. The van der Waals surface area contributed by atoms with Crippen molar-refractivity contribution in [3.8, 4) is 17.6 Å². The predicted molar refractivity (Wildman–Crippen MR) is 329 cm³/mol. The molecule has 0 spiro atoms. The molecular formula is C70H102N3O8P. The molecule has 8 rings (SSSR count). The molecule has 450 valence electrons. The molecule has 0 aromatic heterocycles. The van der Waals surface area contributed by atoms with Gasteiger partial charge in [0.25, 0.3) is 8.53 Å². The second kappa shape index (κ2) is 28.7. The van der Waals surface area contributed by atoms with E-state index < -0.39 is 32.1 Å². The maximum absolute atomic E-state index is 14.6. The average molecular weight is 1140 g/mol. The van der Waals surface area contributed by atoms with E-state index >= 15 is 0 Å². The summed E-state index contributed by atoms with van der Waals surface area (Å²) in [7, 11) is 1.60. The van der Waals surface area contributed by atoms with Gasteiger partial charge < -0.3 is 33.7 Å². The van der Waals surface area contributed by atoms with E-state index in [9.17, 15) is 20.0 Å². The average Bonchev–Trinajstić information content (AvgIpc) is 2.46. The maximum atomic E-state index is 14.6. The Morgan fingerprint density at radius 3 is 2.07 bits per heavy atom. The second-order valence-electron chi connectivity index (χ2n) is 26.9. The lowest BCUT2D eigenvalue weighted by molar-refractivity contribution is -0.123. The van der Waals surface area contributed by atoms with Crippen molar-refractivity contribution < 1.29 is 38.0 Å². The number of hydrogen-bond acceptors (Lipinski definition) is 10. The van der Waals surface area contributed by atoms with Crippen LogP contribution in [0.5, 0.6) is 11.5 Å². The molecule has 0 bridgehead atoms. The van der Waals surface area contributed by atoms with Crippen LogP contribution >= 0.6 is 8.53 Å². The van der Waals surface area contributed by atoms with Gasteiger partial charge in [-0.3, -0.25) is 4.79 Å². The van der Waals surface area contributed by atoms with Crippen LogP contribution < -0.4 is 14.8 Å². The van der Waals surface area contributed by atoms with E-state index in [1.807, 2.05) is 66.7 Å². The van der Waals surface area contributed by atoms with Crippen molar-refractivity contribution in [3.63, 3.8) is 0 Å². The Hall–Kier alpha value is -4.30. The van der Waals surface area contributed by atoms with Crippen LogP contribution in [0, 0.1) is 69.5 Å². The molecule has 0 radical (unpaired) electrons. The van der Waals surface area contributed by atoms with Gasteiger partial charge in [0, 0.05) is 43.3 Å². The Kier molecular flexibility index (Phi) is 22.3. The van der Waals surface area contributed by atoms with Crippen molar-refractivity contribution >= 4 is 20.4 Å². The lowest BCUT2D eigenvalue weighted by Gasteiger charge is -2.58. The molecule has 3 aromatic rings. The third kappa shape index (κ3) is 14.0. The second-order valence-corrected chi connectivity index (χ2v) is 28.3. The van der Waals surface area contributed by atoms with Crippen molar-refractivity contribution in [2.75, 3.05) is 27.4 Å². The molecule has 0 saturated heterocycles. The van der Waals surface area contributed by atoms with Crippen LogP contribution in [0.3, 0.4) is 0 Å². The van der Waals surface area contributed by atoms with Crippen LogP contribution in [0.15, 0.2) is 90.5 Å². The minimum Gasteiger partial charge on any atom is -0.497 e. The summed E-state index contributed by atoms with van der Waals surface area (Å²) in [6, 6.07) is 28.3. The molecule has 10 unspecified atom stereocenters. The molecule has 2 N–H and O–H groups in total. The smallest absolute Gasteiger partial charge is 0.407 e. The minimum absolute atomic E-state index is 0.0619. The Morgan fingerprint density at radius 2 is 1.45 bits per heavy atom. The number of aliphatic hydroxyl groups is 1. The van der Waals surface area contributed by atoms with E-state index in [-0.39, 0.29) is 54.4 Å². The van der Waals surface area contributed by atoms with E-state index in [0.717, 1.165) is 84.3 Å². The molecule has 0 heterocycles. The highest BCUT2D eigenvalue weighted by molar-refractivity contribution is 7.44. The number of Topliss-reactive ketones (excluding diaryl/α,β-unsaturated/α-hetero) is 1. The monoisotopic (exact) mass is 1140 g/mol. The van der Waals surface area contributed by atoms with Crippen molar-refractivity contribution in [1.29, 1.82) is 5.26 Å². The SMILES string of the molecule is COc1ccc(C(c2ccccc2)(c2ccc(OC)cc2)C(O)C2CC(C(=O)CCCCCNC(=O)OC3CC[C@@]4(C)C(=CCC5C4CC[C@@]4(C)C5CC[C@@H]4C(C)CCCC(C)C)C3)CC2OP(OCCC#N)N(C(C)C)C(C)C)cc1. The Balaban J connectivity index is 0.903. The highest BCUT2D eigenvalue weighted by Crippen LogP contribution is 2.67. The Labute approximate surface area is 495 Å². The fourth-order valence-corrected chi connectivity index (χ4v) is 18.6. The van der Waals surface area contributed by atoms with E-state index in [0.29, 0.717) is 49.1 Å². The summed E-state index contributed by atoms with van der Waals surface area (Å²) >= 11 is 0. The normalized spacial score (nSPS) is 28.2. The van der Waals surface area contributed by atoms with Crippen LogP contribution in [0.2, 0.25) is 0 Å². The topological polar surface area (TPSA) is 140 Å². The van der Waals surface area contributed by atoms with Gasteiger partial charge in [0.05, 0.1) is 50.9 Å². The number of methoxy groups -OCH3 is 2. The summed E-state index contributed by atoms with van der Waals surface area (Å²) in [5.41, 5.74) is 3.71. The molecule has 4 fully saturated rings. The Morgan fingerprint density at radius 1 is 0.793 bits per heavy atom. The number of aliphatic hydroxyl groups excluding tert-OH is 1. The number of benzene rings is 3. The van der Waals surface area contributed by atoms with Crippen molar-refractivity contribution in [2.45, 2.75) is 214 Å². The zero-order valence-electron chi connectivity index (χ0n) is 51.9. The summed E-state index contributed by atoms with van der Waals surface area (Å²) in [6.45, 7) is 21.7. The number of rotatable bonds is 28. The van der Waals surface area contributed by atoms with Crippen LogP contribution in [0.4, 0.5) is 4.79 Å². The predicted octanol–water partition coefficient (Wildman–Crippen LogP) is 16.4. The van der Waals surface area contributed by atoms with Gasteiger partial charge in [-0.05, 0) is 186 Å². The number of nitrogens with one attached hydrogen (secondary N) is 1. The van der Waals surface area contributed by atoms with E-state index in [1.165, 1.54) is 56.9 Å². The van der Waals surface area contributed by atoms with Crippen LogP contribution in [-0.2, 0) is 24.0 Å². The number of nitriles is 1. The number of allylic oxidation sites excluding steroid dienone is 1. The molecular weight excluding hydrogens is 1040 g/mol. The molecule has 82 heavy (non-hydrogen) atoms. The number of carbonyl (C=O) groups excluding carboxylic acids is 2. The molecule has 3 aromatic carbocycles. The fraction of sp³-hybridized carbons (Fsp3) is 0.671. The van der Waals surface area contributed by atoms with Crippen LogP contribution in [-0.4, -0.2) is 79.4 Å². The van der Waals surface area contributed by atoms with Gasteiger partial charge in [-0.25, -0.2) is 9.46 Å². The highest BCUT2D eigenvalue weighted by atomic mass is 31.2. The first-order valence-corrected chi connectivity index (χ1v) is 33.0. The van der Waals surface area contributed by atoms with Gasteiger partial charge in [0.2, 0.25) is 0 Å². The number of amides is 1. The van der Waals surface area contributed by atoms with Crippen molar-refractivity contribution in [2.24, 2.45) is 58.2 Å². The van der Waals surface area contributed by atoms with Crippen molar-refractivity contribution in [3.05, 3.63) is 107 Å². The third-order valence-electron chi connectivity index (χ3n) is 21.0. The zero-order valence-corrected chi connectivity index (χ0v) is 52.8. The summed E-state index contributed by atoms with van der Waals surface area (Å²) in [5.74, 6) is 5.46. The number of unbranched alkanes of at least 4 members (excludes halogenated alkanes) is 2. The van der Waals surface area contributed by atoms with Crippen LogP contribution in [0.1, 0.15) is 195 Å². The number of fused-ring (bicyclic) bond motifs is 5. The molecule has 11 nitrogen and oxygen atoms in total. The Bertz CT molecular complexity index is 2530.